The van der Waals surface area contributed by atoms with E-state index in [1.54, 1.807) is 12.1 Å². The molecular weight excluding hydrogens is 248 g/mol. The average molecular weight is 266 g/mol. The number of aromatic nitrogens is 1. The summed E-state index contributed by atoms with van der Waals surface area (Å²) in [6, 6.07) is 3.79. The largest absolute Gasteiger partial charge is 0.478 e. The van der Waals surface area contributed by atoms with Gasteiger partial charge in [0.1, 0.15) is 5.82 Å². The molecule has 2 rings (SSSR count). The van der Waals surface area contributed by atoms with Crippen molar-refractivity contribution in [3.8, 4) is 0 Å². The number of nitrogens with zero attached hydrogens (tertiary/aromatic N) is 1. The fourth-order valence-electron chi connectivity index (χ4n) is 2.31. The lowest BCUT2D eigenvalue weighted by Crippen LogP contribution is -2.28. The summed E-state index contributed by atoms with van der Waals surface area (Å²) < 4.78 is 0. The van der Waals surface area contributed by atoms with Crippen molar-refractivity contribution in [3.05, 3.63) is 23.9 Å². The fourth-order valence-corrected chi connectivity index (χ4v) is 3.13. The molecule has 98 valence electrons. The molecule has 5 heteroatoms. The van der Waals surface area contributed by atoms with E-state index < -0.39 is 5.97 Å². The van der Waals surface area contributed by atoms with E-state index in [4.69, 9.17) is 5.11 Å². The van der Waals surface area contributed by atoms with Gasteiger partial charge in [-0.25, -0.2) is 9.78 Å². The number of carbonyl (C=O) groups is 1. The quantitative estimate of drug-likeness (QED) is 0.877. The van der Waals surface area contributed by atoms with E-state index in [0.29, 0.717) is 6.04 Å². The van der Waals surface area contributed by atoms with E-state index in [0.717, 1.165) is 17.5 Å². The van der Waals surface area contributed by atoms with Crippen LogP contribution in [0.2, 0.25) is 0 Å². The number of carboxylic acids is 1. The standard InChI is InChI=1S/C13H18N2O2S/c1-18-11-4-2-3-10(7-11)15-12-6-5-9(8-14-12)13(16)17/h5-6,8,10-11H,2-4,7H2,1H3,(H,14,15)(H,16,17). The van der Waals surface area contributed by atoms with Gasteiger partial charge in [0.15, 0.2) is 0 Å². The molecule has 2 unspecified atom stereocenters. The van der Waals surface area contributed by atoms with Crippen LogP contribution in [0.25, 0.3) is 0 Å². The maximum Gasteiger partial charge on any atom is 0.337 e. The number of carboxylic acid groups (broad SMARTS) is 1. The second-order valence-electron chi connectivity index (χ2n) is 4.60. The Morgan fingerprint density at radius 2 is 2.33 bits per heavy atom. The van der Waals surface area contributed by atoms with E-state index in [9.17, 15) is 4.79 Å². The zero-order valence-corrected chi connectivity index (χ0v) is 11.2. The number of rotatable bonds is 4. The van der Waals surface area contributed by atoms with Crippen molar-refractivity contribution in [2.45, 2.75) is 37.0 Å². The molecule has 0 amide bonds. The Morgan fingerprint density at radius 1 is 1.50 bits per heavy atom. The molecule has 1 aromatic heterocycles. The first kappa shape index (κ1) is 13.2. The number of hydrogen-bond acceptors (Lipinski definition) is 4. The molecule has 0 saturated heterocycles. The zero-order chi connectivity index (χ0) is 13.0. The van der Waals surface area contributed by atoms with Crippen LogP contribution in [0.4, 0.5) is 5.82 Å². The lowest BCUT2D eigenvalue weighted by molar-refractivity contribution is 0.0696. The molecule has 2 N–H and O–H groups in total. The number of anilines is 1. The monoisotopic (exact) mass is 266 g/mol. The summed E-state index contributed by atoms with van der Waals surface area (Å²) in [7, 11) is 0. The van der Waals surface area contributed by atoms with Gasteiger partial charge in [-0.05, 0) is 37.7 Å². The molecule has 18 heavy (non-hydrogen) atoms. The number of nitrogens with one attached hydrogen (secondary N) is 1. The smallest absolute Gasteiger partial charge is 0.337 e. The third-order valence-electron chi connectivity index (χ3n) is 3.32. The maximum absolute atomic E-state index is 10.7. The van der Waals surface area contributed by atoms with Crippen molar-refractivity contribution in [3.63, 3.8) is 0 Å². The van der Waals surface area contributed by atoms with Gasteiger partial charge >= 0.3 is 5.97 Å². The SMILES string of the molecule is CSC1CCCC(Nc2ccc(C(=O)O)cn2)C1. The summed E-state index contributed by atoms with van der Waals surface area (Å²) in [5.41, 5.74) is 0.228. The van der Waals surface area contributed by atoms with Crippen molar-refractivity contribution in [1.82, 2.24) is 4.98 Å². The molecule has 0 aromatic carbocycles. The molecule has 1 aliphatic rings. The van der Waals surface area contributed by atoms with Gasteiger partial charge in [-0.2, -0.15) is 11.8 Å². The van der Waals surface area contributed by atoms with Gasteiger partial charge < -0.3 is 10.4 Å². The van der Waals surface area contributed by atoms with Crippen LogP contribution < -0.4 is 5.32 Å². The van der Waals surface area contributed by atoms with E-state index >= 15 is 0 Å². The predicted octanol–water partition coefficient (Wildman–Crippen LogP) is 2.87. The van der Waals surface area contributed by atoms with Crippen LogP contribution in [-0.4, -0.2) is 33.6 Å². The number of hydrogen-bond donors (Lipinski definition) is 2. The Kier molecular flexibility index (Phi) is 4.47. The van der Waals surface area contributed by atoms with Crippen LogP contribution in [-0.2, 0) is 0 Å². The predicted molar refractivity (Wildman–Crippen MR) is 74.4 cm³/mol. The topological polar surface area (TPSA) is 62.2 Å². The van der Waals surface area contributed by atoms with Crippen molar-refractivity contribution in [2.75, 3.05) is 11.6 Å². The average Bonchev–Trinajstić information content (AvgIpc) is 2.39. The maximum atomic E-state index is 10.7. The van der Waals surface area contributed by atoms with Crippen LogP contribution in [0.3, 0.4) is 0 Å². The normalized spacial score (nSPS) is 23.6. The van der Waals surface area contributed by atoms with Gasteiger partial charge in [-0.15, -0.1) is 0 Å². The van der Waals surface area contributed by atoms with E-state index in [2.05, 4.69) is 16.6 Å². The van der Waals surface area contributed by atoms with Gasteiger partial charge in [0.05, 0.1) is 5.56 Å². The summed E-state index contributed by atoms with van der Waals surface area (Å²) in [5, 5.41) is 12.9. The molecule has 1 aromatic rings. The molecule has 1 saturated carbocycles. The number of aromatic carboxylic acids is 1. The second kappa shape index (κ2) is 6.09. The van der Waals surface area contributed by atoms with Gasteiger partial charge in [-0.1, -0.05) is 6.42 Å². The molecule has 1 fully saturated rings. The summed E-state index contributed by atoms with van der Waals surface area (Å²) >= 11 is 1.93. The Labute approximate surface area is 111 Å². The summed E-state index contributed by atoms with van der Waals surface area (Å²) in [6.07, 6.45) is 8.43. The molecule has 0 bridgehead atoms. The van der Waals surface area contributed by atoms with Crippen LogP contribution >= 0.6 is 11.8 Å². The Balaban J connectivity index is 1.94. The summed E-state index contributed by atoms with van der Waals surface area (Å²) in [4.78, 5) is 14.9. The molecule has 0 spiro atoms. The first-order chi connectivity index (χ1) is 8.69. The van der Waals surface area contributed by atoms with Gasteiger partial charge in [0.25, 0.3) is 0 Å². The van der Waals surface area contributed by atoms with Crippen LogP contribution in [0.5, 0.6) is 0 Å². The van der Waals surface area contributed by atoms with E-state index in [1.807, 2.05) is 11.8 Å². The van der Waals surface area contributed by atoms with Crippen molar-refractivity contribution in [2.24, 2.45) is 0 Å². The number of thioether (sulfide) groups is 1. The lowest BCUT2D eigenvalue weighted by atomic mass is 9.95. The molecule has 2 atom stereocenters. The summed E-state index contributed by atoms with van der Waals surface area (Å²) in [5.74, 6) is -0.166. The highest BCUT2D eigenvalue weighted by molar-refractivity contribution is 7.99. The molecule has 1 aliphatic carbocycles. The Morgan fingerprint density at radius 3 is 2.94 bits per heavy atom. The highest BCUT2D eigenvalue weighted by atomic mass is 32.2. The summed E-state index contributed by atoms with van der Waals surface area (Å²) in [6.45, 7) is 0. The zero-order valence-electron chi connectivity index (χ0n) is 10.4. The third-order valence-corrected chi connectivity index (χ3v) is 4.42. The van der Waals surface area contributed by atoms with Gasteiger partial charge in [0.2, 0.25) is 0 Å². The third kappa shape index (κ3) is 3.38. The highest BCUT2D eigenvalue weighted by Gasteiger charge is 2.21. The highest BCUT2D eigenvalue weighted by Crippen LogP contribution is 2.28. The number of pyridine rings is 1. The first-order valence-electron chi connectivity index (χ1n) is 6.17. The molecule has 0 aliphatic heterocycles. The Bertz CT molecular complexity index is 408. The minimum Gasteiger partial charge on any atom is -0.478 e. The van der Waals surface area contributed by atoms with Gasteiger partial charge in [0, 0.05) is 17.5 Å². The second-order valence-corrected chi connectivity index (χ2v) is 5.74. The van der Waals surface area contributed by atoms with Crippen molar-refractivity contribution in [1.29, 1.82) is 0 Å². The van der Waals surface area contributed by atoms with Crippen LogP contribution in [0.15, 0.2) is 18.3 Å². The van der Waals surface area contributed by atoms with Crippen LogP contribution in [0, 0.1) is 0 Å². The van der Waals surface area contributed by atoms with Gasteiger partial charge in [-0.3, -0.25) is 0 Å². The molecule has 4 nitrogen and oxygen atoms in total. The molecule has 0 radical (unpaired) electrons. The fraction of sp³-hybridized carbons (Fsp3) is 0.538. The van der Waals surface area contributed by atoms with Crippen LogP contribution in [0.1, 0.15) is 36.0 Å². The minimum absolute atomic E-state index is 0.228. The Hall–Kier alpha value is -1.23. The molecule has 1 heterocycles. The minimum atomic E-state index is -0.936. The lowest BCUT2D eigenvalue weighted by Gasteiger charge is -2.29. The van der Waals surface area contributed by atoms with E-state index in [1.165, 1.54) is 25.5 Å². The molecular formula is C13H18N2O2S. The van der Waals surface area contributed by atoms with E-state index in [-0.39, 0.29) is 5.56 Å². The van der Waals surface area contributed by atoms with Crippen molar-refractivity contribution < 1.29 is 9.90 Å². The first-order valence-corrected chi connectivity index (χ1v) is 7.46. The van der Waals surface area contributed by atoms with Crippen molar-refractivity contribution >= 4 is 23.5 Å².